The number of hydrogen-bond donors (Lipinski definition) is 2. The van der Waals surface area contributed by atoms with Gasteiger partial charge in [0.15, 0.2) is 5.82 Å². The molecular weight excluding hydrogens is 254 g/mol. The third-order valence-electron chi connectivity index (χ3n) is 3.48. The average molecular weight is 271 g/mol. The lowest BCUT2D eigenvalue weighted by molar-refractivity contribution is 0.0950. The van der Waals surface area contributed by atoms with Crippen molar-refractivity contribution in [3.8, 4) is 5.82 Å². The van der Waals surface area contributed by atoms with Crippen LogP contribution in [0.4, 0.5) is 0 Å². The van der Waals surface area contributed by atoms with Crippen LogP contribution in [0.2, 0.25) is 0 Å². The first-order valence-electron chi connectivity index (χ1n) is 6.74. The van der Waals surface area contributed by atoms with Gasteiger partial charge >= 0.3 is 0 Å². The predicted octanol–water partition coefficient (Wildman–Crippen LogP) is 0.734. The molecule has 3 N–H and O–H groups in total. The highest BCUT2D eigenvalue weighted by Gasteiger charge is 2.28. The first-order valence-corrected chi connectivity index (χ1v) is 6.74. The number of nitrogens with one attached hydrogen (secondary N) is 1. The zero-order chi connectivity index (χ0) is 13.9. The standard InChI is InChI=1S/C14H17N5O/c15-12(10-2-3-10)9-17-14(20)11-4-5-13(16-8-11)19-7-1-6-18-19/h1,4-8,10,12H,2-3,9,15H2,(H,17,20). The molecule has 2 aromatic rings. The number of carbonyl (C=O) groups excluding carboxylic acids is 1. The van der Waals surface area contributed by atoms with Crippen LogP contribution in [-0.4, -0.2) is 33.3 Å². The number of hydrogen-bond acceptors (Lipinski definition) is 4. The maximum Gasteiger partial charge on any atom is 0.252 e. The number of amides is 1. The maximum atomic E-state index is 12.0. The van der Waals surface area contributed by atoms with Crippen LogP contribution in [0.3, 0.4) is 0 Å². The molecule has 1 saturated carbocycles. The van der Waals surface area contributed by atoms with E-state index >= 15 is 0 Å². The number of nitrogens with zero attached hydrogens (tertiary/aromatic N) is 3. The van der Waals surface area contributed by atoms with Gasteiger partial charge in [0.2, 0.25) is 0 Å². The minimum absolute atomic E-state index is 0.0651. The molecule has 1 atom stereocenters. The Kier molecular flexibility index (Phi) is 3.47. The average Bonchev–Trinajstić information content (AvgIpc) is 3.19. The van der Waals surface area contributed by atoms with E-state index in [1.165, 1.54) is 12.8 Å². The Hall–Kier alpha value is -2.21. The summed E-state index contributed by atoms with van der Waals surface area (Å²) < 4.78 is 1.64. The van der Waals surface area contributed by atoms with E-state index in [0.29, 0.717) is 23.8 Å². The van der Waals surface area contributed by atoms with Gasteiger partial charge in [0.25, 0.3) is 5.91 Å². The Morgan fingerprint density at radius 3 is 2.95 bits per heavy atom. The summed E-state index contributed by atoms with van der Waals surface area (Å²) in [7, 11) is 0. The lowest BCUT2D eigenvalue weighted by atomic mass is 10.2. The molecule has 0 aromatic carbocycles. The summed E-state index contributed by atoms with van der Waals surface area (Å²) in [5.74, 6) is 1.12. The number of pyridine rings is 1. The normalized spacial score (nSPS) is 15.8. The van der Waals surface area contributed by atoms with Crippen molar-refractivity contribution in [2.75, 3.05) is 6.54 Å². The fraction of sp³-hybridized carbons (Fsp3) is 0.357. The molecule has 6 heteroatoms. The van der Waals surface area contributed by atoms with E-state index < -0.39 is 0 Å². The lowest BCUT2D eigenvalue weighted by Gasteiger charge is -2.11. The van der Waals surface area contributed by atoms with Crippen molar-refractivity contribution in [2.45, 2.75) is 18.9 Å². The van der Waals surface area contributed by atoms with Crippen LogP contribution in [0.1, 0.15) is 23.2 Å². The van der Waals surface area contributed by atoms with Gasteiger partial charge in [-0.05, 0) is 37.0 Å². The Balaban J connectivity index is 1.60. The molecule has 1 fully saturated rings. The molecule has 104 valence electrons. The van der Waals surface area contributed by atoms with E-state index in [4.69, 9.17) is 5.73 Å². The zero-order valence-electron chi connectivity index (χ0n) is 11.1. The first kappa shape index (κ1) is 12.8. The Morgan fingerprint density at radius 1 is 1.50 bits per heavy atom. The van der Waals surface area contributed by atoms with Crippen LogP contribution < -0.4 is 11.1 Å². The van der Waals surface area contributed by atoms with Gasteiger partial charge in [-0.15, -0.1) is 0 Å². The number of aromatic nitrogens is 3. The van der Waals surface area contributed by atoms with Gasteiger partial charge in [-0.1, -0.05) is 0 Å². The van der Waals surface area contributed by atoms with E-state index in [2.05, 4.69) is 15.4 Å². The Morgan fingerprint density at radius 2 is 2.35 bits per heavy atom. The molecule has 1 unspecified atom stereocenters. The van der Waals surface area contributed by atoms with Crippen molar-refractivity contribution in [3.63, 3.8) is 0 Å². The topological polar surface area (TPSA) is 85.8 Å². The van der Waals surface area contributed by atoms with Gasteiger partial charge in [-0.25, -0.2) is 9.67 Å². The van der Waals surface area contributed by atoms with Gasteiger partial charge in [-0.2, -0.15) is 5.10 Å². The van der Waals surface area contributed by atoms with Gasteiger partial charge in [0.05, 0.1) is 5.56 Å². The Labute approximate surface area is 117 Å². The Bertz CT molecular complexity index is 574. The van der Waals surface area contributed by atoms with Crippen molar-refractivity contribution in [1.29, 1.82) is 0 Å². The number of nitrogens with two attached hydrogens (primary N) is 1. The zero-order valence-corrected chi connectivity index (χ0v) is 11.1. The third-order valence-corrected chi connectivity index (χ3v) is 3.48. The minimum atomic E-state index is -0.138. The highest BCUT2D eigenvalue weighted by Crippen LogP contribution is 2.31. The SMILES string of the molecule is NC(CNC(=O)c1ccc(-n2cccn2)nc1)C1CC1. The van der Waals surface area contributed by atoms with Crippen LogP contribution in [0.15, 0.2) is 36.8 Å². The summed E-state index contributed by atoms with van der Waals surface area (Å²) in [5.41, 5.74) is 6.48. The van der Waals surface area contributed by atoms with E-state index in [0.717, 1.165) is 0 Å². The maximum absolute atomic E-state index is 12.0. The monoisotopic (exact) mass is 271 g/mol. The quantitative estimate of drug-likeness (QED) is 0.839. The summed E-state index contributed by atoms with van der Waals surface area (Å²) in [4.78, 5) is 16.2. The summed E-state index contributed by atoms with van der Waals surface area (Å²) in [5, 5.41) is 6.93. The summed E-state index contributed by atoms with van der Waals surface area (Å²) >= 11 is 0. The van der Waals surface area contributed by atoms with Gasteiger partial charge < -0.3 is 11.1 Å². The molecule has 1 aliphatic rings. The third kappa shape index (κ3) is 2.85. The van der Waals surface area contributed by atoms with Crippen LogP contribution in [-0.2, 0) is 0 Å². The predicted molar refractivity (Wildman–Crippen MR) is 74.4 cm³/mol. The number of rotatable bonds is 5. The smallest absolute Gasteiger partial charge is 0.252 e. The van der Waals surface area contributed by atoms with Crippen molar-refractivity contribution >= 4 is 5.91 Å². The van der Waals surface area contributed by atoms with E-state index in [1.807, 2.05) is 6.07 Å². The van der Waals surface area contributed by atoms with Crippen molar-refractivity contribution in [2.24, 2.45) is 11.7 Å². The summed E-state index contributed by atoms with van der Waals surface area (Å²) in [6.45, 7) is 0.518. The van der Waals surface area contributed by atoms with Gasteiger partial charge in [-0.3, -0.25) is 4.79 Å². The fourth-order valence-electron chi connectivity index (χ4n) is 2.06. The summed E-state index contributed by atoms with van der Waals surface area (Å²) in [6.07, 6.45) is 7.39. The second-order valence-electron chi connectivity index (χ2n) is 5.07. The second kappa shape index (κ2) is 5.42. The molecule has 1 aliphatic carbocycles. The summed E-state index contributed by atoms with van der Waals surface area (Å²) in [6, 6.07) is 5.39. The van der Waals surface area contributed by atoms with Crippen LogP contribution in [0, 0.1) is 5.92 Å². The molecule has 0 bridgehead atoms. The largest absolute Gasteiger partial charge is 0.350 e. The second-order valence-corrected chi connectivity index (χ2v) is 5.07. The molecule has 1 amide bonds. The molecule has 6 nitrogen and oxygen atoms in total. The molecule has 0 aliphatic heterocycles. The molecular formula is C14H17N5O. The minimum Gasteiger partial charge on any atom is -0.350 e. The highest BCUT2D eigenvalue weighted by molar-refractivity contribution is 5.93. The van der Waals surface area contributed by atoms with Crippen molar-refractivity contribution < 1.29 is 4.79 Å². The van der Waals surface area contributed by atoms with Crippen LogP contribution >= 0.6 is 0 Å². The number of carbonyl (C=O) groups is 1. The molecule has 2 aromatic heterocycles. The molecule has 2 heterocycles. The molecule has 20 heavy (non-hydrogen) atoms. The van der Waals surface area contributed by atoms with Crippen molar-refractivity contribution in [3.05, 3.63) is 42.4 Å². The van der Waals surface area contributed by atoms with Crippen molar-refractivity contribution in [1.82, 2.24) is 20.1 Å². The van der Waals surface area contributed by atoms with E-state index in [9.17, 15) is 4.79 Å². The molecule has 3 rings (SSSR count). The highest BCUT2D eigenvalue weighted by atomic mass is 16.1. The van der Waals surface area contributed by atoms with Gasteiger partial charge in [0.1, 0.15) is 0 Å². The molecule has 0 spiro atoms. The van der Waals surface area contributed by atoms with Crippen LogP contribution in [0.25, 0.3) is 5.82 Å². The molecule has 0 radical (unpaired) electrons. The fourth-order valence-corrected chi connectivity index (χ4v) is 2.06. The van der Waals surface area contributed by atoms with Crippen LogP contribution in [0.5, 0.6) is 0 Å². The van der Waals surface area contributed by atoms with E-state index in [-0.39, 0.29) is 11.9 Å². The van der Waals surface area contributed by atoms with E-state index in [1.54, 1.807) is 35.4 Å². The van der Waals surface area contributed by atoms with Gasteiger partial charge in [0, 0.05) is 31.2 Å². The lowest BCUT2D eigenvalue weighted by Crippen LogP contribution is -2.38. The molecule has 0 saturated heterocycles. The first-order chi connectivity index (χ1) is 9.74.